The van der Waals surface area contributed by atoms with Gasteiger partial charge in [0.05, 0.1) is 11.9 Å². The lowest BCUT2D eigenvalue weighted by molar-refractivity contribution is -0.137. The van der Waals surface area contributed by atoms with Gasteiger partial charge in [-0.3, -0.25) is 4.99 Å². The van der Waals surface area contributed by atoms with Crippen LogP contribution < -0.4 is 0 Å². The Bertz CT molecular complexity index is 410. The average Bonchev–Trinajstić information content (AvgIpc) is 2.28. The van der Waals surface area contributed by atoms with Crippen LogP contribution in [0.15, 0.2) is 42.0 Å². The Kier molecular flexibility index (Phi) is 4.31. The first kappa shape index (κ1) is 13.3. The summed E-state index contributed by atoms with van der Waals surface area (Å²) in [5, 5.41) is 0. The van der Waals surface area contributed by atoms with Gasteiger partial charge in [0.1, 0.15) is 0 Å². The molecule has 0 N–H and O–H groups in total. The Morgan fingerprint density at radius 1 is 1.41 bits per heavy atom. The number of hydrogen-bond donors (Lipinski definition) is 0. The van der Waals surface area contributed by atoms with Gasteiger partial charge >= 0.3 is 6.18 Å². The largest absolute Gasteiger partial charge is 0.416 e. The smallest absolute Gasteiger partial charge is 0.336 e. The molecule has 0 spiro atoms. The van der Waals surface area contributed by atoms with Gasteiger partial charge in [0, 0.05) is 13.6 Å². The molecule has 0 bridgehead atoms. The van der Waals surface area contributed by atoms with Crippen molar-refractivity contribution in [2.24, 2.45) is 4.99 Å². The molecule has 5 heteroatoms. The van der Waals surface area contributed by atoms with Crippen molar-refractivity contribution >= 4 is 6.34 Å². The molecule has 0 aliphatic heterocycles. The SMILES string of the molecule is C=CN(C=NC)Cc1cccc(C(F)(F)F)c1. The number of rotatable bonds is 4. The molecule has 0 saturated carbocycles. The van der Waals surface area contributed by atoms with Crippen LogP contribution in [0.2, 0.25) is 0 Å². The molecule has 0 radical (unpaired) electrons. The van der Waals surface area contributed by atoms with Crippen LogP contribution in [0.4, 0.5) is 13.2 Å². The predicted molar refractivity (Wildman–Crippen MR) is 61.6 cm³/mol. The Labute approximate surface area is 98.1 Å². The molecule has 0 heterocycles. The van der Waals surface area contributed by atoms with E-state index < -0.39 is 11.7 Å². The highest BCUT2D eigenvalue weighted by Crippen LogP contribution is 2.29. The zero-order valence-electron chi connectivity index (χ0n) is 9.41. The van der Waals surface area contributed by atoms with E-state index >= 15 is 0 Å². The highest BCUT2D eigenvalue weighted by molar-refractivity contribution is 5.56. The zero-order valence-corrected chi connectivity index (χ0v) is 9.41. The zero-order chi connectivity index (χ0) is 12.9. The van der Waals surface area contributed by atoms with E-state index in [0.717, 1.165) is 12.1 Å². The monoisotopic (exact) mass is 242 g/mol. The Hall–Kier alpha value is -1.78. The minimum atomic E-state index is -4.31. The van der Waals surface area contributed by atoms with Gasteiger partial charge in [0.25, 0.3) is 0 Å². The van der Waals surface area contributed by atoms with Gasteiger partial charge in [-0.2, -0.15) is 13.2 Å². The minimum absolute atomic E-state index is 0.310. The molecule has 1 rings (SSSR count). The lowest BCUT2D eigenvalue weighted by atomic mass is 10.1. The van der Waals surface area contributed by atoms with Crippen LogP contribution in [0, 0.1) is 0 Å². The van der Waals surface area contributed by atoms with Crippen LogP contribution in [0.3, 0.4) is 0 Å². The second-order valence-corrected chi connectivity index (χ2v) is 3.43. The van der Waals surface area contributed by atoms with E-state index in [1.807, 2.05) is 0 Å². The van der Waals surface area contributed by atoms with Gasteiger partial charge in [-0.25, -0.2) is 0 Å². The third-order valence-electron chi connectivity index (χ3n) is 2.12. The topological polar surface area (TPSA) is 15.6 Å². The summed E-state index contributed by atoms with van der Waals surface area (Å²) in [5.41, 5.74) is -0.0907. The first-order valence-electron chi connectivity index (χ1n) is 4.94. The van der Waals surface area contributed by atoms with Crippen molar-refractivity contribution in [3.8, 4) is 0 Å². The first-order chi connectivity index (χ1) is 7.97. The summed E-state index contributed by atoms with van der Waals surface area (Å²) in [6, 6.07) is 5.20. The standard InChI is InChI=1S/C12H13F3N2/c1-3-17(9-16-2)8-10-5-4-6-11(7-10)12(13,14)15/h3-7,9H,1,8H2,2H3. The van der Waals surface area contributed by atoms with Crippen LogP contribution >= 0.6 is 0 Å². The highest BCUT2D eigenvalue weighted by atomic mass is 19.4. The molecular formula is C12H13F3N2. The summed E-state index contributed by atoms with van der Waals surface area (Å²) >= 11 is 0. The van der Waals surface area contributed by atoms with Crippen molar-refractivity contribution in [1.29, 1.82) is 0 Å². The normalized spacial score (nSPS) is 11.8. The summed E-state index contributed by atoms with van der Waals surface area (Å²) < 4.78 is 37.4. The van der Waals surface area contributed by atoms with Gasteiger partial charge in [-0.1, -0.05) is 18.7 Å². The summed E-state index contributed by atoms with van der Waals surface area (Å²) in [5.74, 6) is 0. The van der Waals surface area contributed by atoms with Crippen molar-refractivity contribution in [2.45, 2.75) is 12.7 Å². The van der Waals surface area contributed by atoms with Gasteiger partial charge in [-0.15, -0.1) is 0 Å². The molecule has 17 heavy (non-hydrogen) atoms. The number of nitrogens with zero attached hydrogens (tertiary/aromatic N) is 2. The number of aliphatic imine (C=N–C) groups is 1. The quantitative estimate of drug-likeness (QED) is 0.584. The number of alkyl halides is 3. The molecule has 1 aromatic rings. The fraction of sp³-hybridized carbons (Fsp3) is 0.250. The summed E-state index contributed by atoms with van der Waals surface area (Å²) in [6.07, 6.45) is -1.30. The molecule has 0 aliphatic rings. The molecule has 1 aromatic carbocycles. The van der Waals surface area contributed by atoms with Crippen LogP contribution in [-0.4, -0.2) is 18.3 Å². The van der Waals surface area contributed by atoms with Crippen LogP contribution in [0.25, 0.3) is 0 Å². The number of halogens is 3. The van der Waals surface area contributed by atoms with Crippen molar-refractivity contribution < 1.29 is 13.2 Å². The molecular weight excluding hydrogens is 229 g/mol. The maximum absolute atomic E-state index is 12.5. The van der Waals surface area contributed by atoms with Gasteiger partial charge in [0.2, 0.25) is 0 Å². The summed E-state index contributed by atoms with van der Waals surface area (Å²) in [4.78, 5) is 5.39. The lowest BCUT2D eigenvalue weighted by Gasteiger charge is -2.15. The second-order valence-electron chi connectivity index (χ2n) is 3.43. The van der Waals surface area contributed by atoms with Gasteiger partial charge in [-0.05, 0) is 23.9 Å². The minimum Gasteiger partial charge on any atom is -0.336 e. The van der Waals surface area contributed by atoms with Crippen molar-refractivity contribution in [3.63, 3.8) is 0 Å². The molecule has 0 aliphatic carbocycles. The van der Waals surface area contributed by atoms with E-state index in [0.29, 0.717) is 12.1 Å². The van der Waals surface area contributed by atoms with E-state index in [-0.39, 0.29) is 0 Å². The fourth-order valence-corrected chi connectivity index (χ4v) is 1.36. The predicted octanol–water partition coefficient (Wildman–Crippen LogP) is 3.31. The highest BCUT2D eigenvalue weighted by Gasteiger charge is 2.30. The fourth-order valence-electron chi connectivity index (χ4n) is 1.36. The van der Waals surface area contributed by atoms with E-state index in [1.165, 1.54) is 18.6 Å². The third-order valence-corrected chi connectivity index (χ3v) is 2.12. The van der Waals surface area contributed by atoms with E-state index in [1.54, 1.807) is 18.0 Å². The van der Waals surface area contributed by atoms with E-state index in [2.05, 4.69) is 11.6 Å². The van der Waals surface area contributed by atoms with E-state index in [4.69, 9.17) is 0 Å². The van der Waals surface area contributed by atoms with Gasteiger partial charge in [0.15, 0.2) is 0 Å². The molecule has 0 saturated heterocycles. The molecule has 0 atom stereocenters. The third kappa shape index (κ3) is 3.94. The maximum atomic E-state index is 12.5. The van der Waals surface area contributed by atoms with Crippen LogP contribution in [-0.2, 0) is 12.7 Å². The first-order valence-corrected chi connectivity index (χ1v) is 4.94. The Morgan fingerprint density at radius 3 is 2.65 bits per heavy atom. The van der Waals surface area contributed by atoms with Gasteiger partial charge < -0.3 is 4.90 Å². The summed E-state index contributed by atoms with van der Waals surface area (Å²) in [6.45, 7) is 3.87. The Morgan fingerprint density at radius 2 is 2.12 bits per heavy atom. The van der Waals surface area contributed by atoms with Crippen molar-refractivity contribution in [1.82, 2.24) is 4.90 Å². The van der Waals surface area contributed by atoms with E-state index in [9.17, 15) is 13.2 Å². The second kappa shape index (κ2) is 5.52. The van der Waals surface area contributed by atoms with Crippen LogP contribution in [0.1, 0.15) is 11.1 Å². The molecule has 0 fully saturated rings. The molecule has 2 nitrogen and oxygen atoms in total. The molecule has 0 unspecified atom stereocenters. The van der Waals surface area contributed by atoms with Crippen molar-refractivity contribution in [2.75, 3.05) is 7.05 Å². The maximum Gasteiger partial charge on any atom is 0.416 e. The van der Waals surface area contributed by atoms with Crippen LogP contribution in [0.5, 0.6) is 0 Å². The number of hydrogen-bond acceptors (Lipinski definition) is 1. The summed E-state index contributed by atoms with van der Waals surface area (Å²) in [7, 11) is 1.59. The van der Waals surface area contributed by atoms with Crippen molar-refractivity contribution in [3.05, 3.63) is 48.2 Å². The molecule has 92 valence electrons. The lowest BCUT2D eigenvalue weighted by Crippen LogP contribution is -2.14. The molecule has 0 aromatic heterocycles. The molecule has 0 amide bonds. The average molecular weight is 242 g/mol. The Balaban J connectivity index is 2.89. The number of benzene rings is 1.